The van der Waals surface area contributed by atoms with E-state index >= 15 is 0 Å². The number of piperazine rings is 1. The number of hydrogen-bond acceptors (Lipinski definition) is 4. The molecule has 2 saturated heterocycles. The maximum atomic E-state index is 14.6. The van der Waals surface area contributed by atoms with E-state index in [1.54, 1.807) is 6.07 Å². The number of nitrogens with one attached hydrogen (secondary N) is 1. The minimum absolute atomic E-state index is 0. The molecule has 3 rings (SSSR count). The molecule has 2 aliphatic heterocycles. The van der Waals surface area contributed by atoms with Crippen molar-refractivity contribution in [2.75, 3.05) is 63.9 Å². The van der Waals surface area contributed by atoms with E-state index in [9.17, 15) is 17.6 Å². The van der Waals surface area contributed by atoms with Gasteiger partial charge in [-0.3, -0.25) is 4.90 Å². The highest BCUT2D eigenvalue weighted by molar-refractivity contribution is 14.0. The molecule has 32 heavy (non-hydrogen) atoms. The molecular formula is C21H32F4IN5O. The van der Waals surface area contributed by atoms with Crippen LogP contribution in [0.25, 0.3) is 0 Å². The molecule has 6 nitrogen and oxygen atoms in total. The average molecular weight is 573 g/mol. The number of morpholine rings is 1. The highest BCUT2D eigenvalue weighted by atomic mass is 127. The van der Waals surface area contributed by atoms with Crippen molar-refractivity contribution < 1.29 is 22.3 Å². The van der Waals surface area contributed by atoms with E-state index in [-0.39, 0.29) is 29.8 Å². The van der Waals surface area contributed by atoms with E-state index in [0.29, 0.717) is 77.2 Å². The molecule has 0 aliphatic carbocycles. The molecule has 0 radical (unpaired) electrons. The van der Waals surface area contributed by atoms with Gasteiger partial charge in [0.2, 0.25) is 0 Å². The fourth-order valence-electron chi connectivity index (χ4n) is 3.83. The molecule has 0 spiro atoms. The molecule has 2 fully saturated rings. The second-order valence-corrected chi connectivity index (χ2v) is 7.80. The van der Waals surface area contributed by atoms with Crippen LogP contribution in [-0.2, 0) is 11.3 Å². The number of nitrogens with zero attached hydrogens (tertiary/aromatic N) is 4. The highest BCUT2D eigenvalue weighted by Crippen LogP contribution is 2.25. The summed E-state index contributed by atoms with van der Waals surface area (Å²) in [6, 6.07) is 3.68. The van der Waals surface area contributed by atoms with Gasteiger partial charge >= 0.3 is 6.18 Å². The third-order valence-corrected chi connectivity index (χ3v) is 5.75. The number of anilines is 1. The summed E-state index contributed by atoms with van der Waals surface area (Å²) < 4.78 is 58.8. The number of rotatable bonds is 5. The van der Waals surface area contributed by atoms with Crippen LogP contribution in [0.2, 0.25) is 0 Å². The first-order chi connectivity index (χ1) is 14.8. The van der Waals surface area contributed by atoms with Crippen molar-refractivity contribution in [1.82, 2.24) is 15.1 Å². The van der Waals surface area contributed by atoms with Gasteiger partial charge in [-0.25, -0.2) is 9.38 Å². The fraction of sp³-hybridized carbons (Fsp3) is 0.667. The Hall–Kier alpha value is -1.34. The van der Waals surface area contributed by atoms with Crippen molar-refractivity contribution in [3.8, 4) is 0 Å². The molecule has 0 aromatic heterocycles. The minimum atomic E-state index is -4.22. The Kier molecular flexibility index (Phi) is 10.3. The summed E-state index contributed by atoms with van der Waals surface area (Å²) in [5, 5.41) is 3.19. The van der Waals surface area contributed by atoms with Crippen LogP contribution in [0, 0.1) is 5.82 Å². The molecule has 2 aliphatic rings. The lowest BCUT2D eigenvalue weighted by Crippen LogP contribution is -2.56. The van der Waals surface area contributed by atoms with E-state index in [4.69, 9.17) is 4.74 Å². The van der Waals surface area contributed by atoms with Crippen molar-refractivity contribution >= 4 is 35.6 Å². The lowest BCUT2D eigenvalue weighted by atomic mass is 10.1. The van der Waals surface area contributed by atoms with Crippen LogP contribution in [0.4, 0.5) is 23.2 Å². The summed E-state index contributed by atoms with van der Waals surface area (Å²) >= 11 is 0. The summed E-state index contributed by atoms with van der Waals surface area (Å²) in [5.74, 6) is 0.355. The van der Waals surface area contributed by atoms with E-state index in [1.807, 2.05) is 22.8 Å². The summed E-state index contributed by atoms with van der Waals surface area (Å²) in [7, 11) is 0. The average Bonchev–Trinajstić information content (AvgIpc) is 2.76. The van der Waals surface area contributed by atoms with Crippen molar-refractivity contribution in [3.63, 3.8) is 0 Å². The van der Waals surface area contributed by atoms with Gasteiger partial charge in [0.1, 0.15) is 11.9 Å². The van der Waals surface area contributed by atoms with Gasteiger partial charge in [0.15, 0.2) is 5.96 Å². The maximum absolute atomic E-state index is 14.6. The zero-order chi connectivity index (χ0) is 22.4. The third kappa shape index (κ3) is 7.08. The molecule has 1 aromatic rings. The minimum Gasteiger partial charge on any atom is -0.378 e. The predicted octanol–water partition coefficient (Wildman–Crippen LogP) is 3.31. The molecular weight excluding hydrogens is 541 g/mol. The van der Waals surface area contributed by atoms with Crippen LogP contribution in [0.1, 0.15) is 19.4 Å². The van der Waals surface area contributed by atoms with E-state index < -0.39 is 12.2 Å². The van der Waals surface area contributed by atoms with E-state index in [0.717, 1.165) is 5.56 Å². The first-order valence-electron chi connectivity index (χ1n) is 10.7. The van der Waals surface area contributed by atoms with Crippen molar-refractivity contribution in [2.24, 2.45) is 4.99 Å². The van der Waals surface area contributed by atoms with Crippen LogP contribution in [0.15, 0.2) is 23.2 Å². The zero-order valence-electron chi connectivity index (χ0n) is 18.5. The number of aliphatic imine (C=N–C) groups is 1. The van der Waals surface area contributed by atoms with Crippen molar-refractivity contribution in [1.29, 1.82) is 0 Å². The van der Waals surface area contributed by atoms with Crippen molar-refractivity contribution in [2.45, 2.75) is 32.6 Å². The number of halogens is 5. The molecule has 1 unspecified atom stereocenters. The maximum Gasteiger partial charge on any atom is 0.403 e. The quantitative estimate of drug-likeness (QED) is 0.254. The highest BCUT2D eigenvalue weighted by Gasteiger charge is 2.41. The first-order valence-corrected chi connectivity index (χ1v) is 10.7. The van der Waals surface area contributed by atoms with Gasteiger partial charge in [-0.2, -0.15) is 13.2 Å². The van der Waals surface area contributed by atoms with Crippen LogP contribution in [0.3, 0.4) is 0 Å². The Balaban J connectivity index is 0.00000363. The smallest absolute Gasteiger partial charge is 0.378 e. The van der Waals surface area contributed by atoms with Gasteiger partial charge in [-0.05, 0) is 31.5 Å². The summed E-state index contributed by atoms with van der Waals surface area (Å²) in [6.07, 6.45) is -4.22. The Labute approximate surface area is 204 Å². The van der Waals surface area contributed by atoms with Gasteiger partial charge in [0, 0.05) is 45.8 Å². The second kappa shape index (κ2) is 12.2. The SMILES string of the molecule is CCNC(=NCc1ccc(N2CCOCC2)c(F)c1)N1CCN(C(C)C(F)(F)F)CC1.I. The zero-order valence-corrected chi connectivity index (χ0v) is 20.8. The predicted molar refractivity (Wildman–Crippen MR) is 128 cm³/mol. The second-order valence-electron chi connectivity index (χ2n) is 7.80. The Morgan fingerprint density at radius 3 is 2.34 bits per heavy atom. The molecule has 1 aromatic carbocycles. The van der Waals surface area contributed by atoms with Gasteiger partial charge in [0.25, 0.3) is 0 Å². The summed E-state index contributed by atoms with van der Waals surface area (Å²) in [4.78, 5) is 9.97. The van der Waals surface area contributed by atoms with Crippen molar-refractivity contribution in [3.05, 3.63) is 29.6 Å². The normalized spacial score (nSPS) is 19.5. The lowest BCUT2D eigenvalue weighted by Gasteiger charge is -2.39. The van der Waals surface area contributed by atoms with Gasteiger partial charge in [-0.15, -0.1) is 24.0 Å². The lowest BCUT2D eigenvalue weighted by molar-refractivity contribution is -0.181. The summed E-state index contributed by atoms with van der Waals surface area (Å²) in [5.41, 5.74) is 1.31. The number of alkyl halides is 3. The van der Waals surface area contributed by atoms with Gasteiger partial charge < -0.3 is 19.9 Å². The van der Waals surface area contributed by atoms with Crippen LogP contribution in [-0.4, -0.2) is 87.0 Å². The molecule has 182 valence electrons. The summed E-state index contributed by atoms with van der Waals surface area (Å²) in [6.45, 7) is 8.12. The molecule has 0 bridgehead atoms. The number of ether oxygens (including phenoxy) is 1. The van der Waals surface area contributed by atoms with Crippen LogP contribution < -0.4 is 10.2 Å². The number of hydrogen-bond donors (Lipinski definition) is 1. The van der Waals surface area contributed by atoms with Crippen LogP contribution in [0.5, 0.6) is 0 Å². The number of benzene rings is 1. The molecule has 11 heteroatoms. The first kappa shape index (κ1) is 26.9. The molecule has 1 atom stereocenters. The molecule has 0 amide bonds. The topological polar surface area (TPSA) is 43.3 Å². The number of guanidine groups is 1. The molecule has 0 saturated carbocycles. The Morgan fingerprint density at radius 2 is 1.78 bits per heavy atom. The van der Waals surface area contributed by atoms with Gasteiger partial charge in [0.05, 0.1) is 25.4 Å². The largest absolute Gasteiger partial charge is 0.403 e. The molecule has 2 heterocycles. The van der Waals surface area contributed by atoms with E-state index in [2.05, 4.69) is 10.3 Å². The van der Waals surface area contributed by atoms with E-state index in [1.165, 1.54) is 17.9 Å². The standard InChI is InChI=1S/C21H31F4N5O.HI/c1-3-26-20(30-8-6-28(7-9-30)16(2)21(23,24)25)27-15-17-4-5-19(18(22)14-17)29-10-12-31-13-11-29;/h4-5,14,16H,3,6-13,15H2,1-2H3,(H,26,27);1H. The Bertz CT molecular complexity index is 750. The fourth-order valence-corrected chi connectivity index (χ4v) is 3.83. The monoisotopic (exact) mass is 573 g/mol. The third-order valence-electron chi connectivity index (χ3n) is 5.75. The Morgan fingerprint density at radius 1 is 1.12 bits per heavy atom. The van der Waals surface area contributed by atoms with Crippen LogP contribution >= 0.6 is 24.0 Å². The van der Waals surface area contributed by atoms with Gasteiger partial charge in [-0.1, -0.05) is 6.07 Å². The molecule has 1 N–H and O–H groups in total.